The zero-order valence-electron chi connectivity index (χ0n) is 17.4. The van der Waals surface area contributed by atoms with Crippen molar-refractivity contribution in [3.63, 3.8) is 0 Å². The summed E-state index contributed by atoms with van der Waals surface area (Å²) in [5.74, 6) is 0. The number of aliphatic hydroxyl groups is 1. The van der Waals surface area contributed by atoms with E-state index in [2.05, 4.69) is 20.4 Å². The number of halogens is 2. The molecule has 164 valence electrons. The first-order valence-electron chi connectivity index (χ1n) is 9.53. The van der Waals surface area contributed by atoms with Gasteiger partial charge in [0.25, 0.3) is 0 Å². The molecule has 0 radical (unpaired) electrons. The molecule has 0 spiro atoms. The zero-order valence-corrected chi connectivity index (χ0v) is 18.9. The molecule has 8 nitrogen and oxygen atoms in total. The fourth-order valence-corrected chi connectivity index (χ4v) is 3.47. The van der Waals surface area contributed by atoms with Gasteiger partial charge in [-0.15, -0.1) is 0 Å². The van der Waals surface area contributed by atoms with Crippen LogP contribution < -0.4 is 5.32 Å². The Bertz CT molecular complexity index is 1070. The molecule has 1 amide bonds. The van der Waals surface area contributed by atoms with Gasteiger partial charge in [-0.05, 0) is 50.6 Å². The summed E-state index contributed by atoms with van der Waals surface area (Å²) in [6.07, 6.45) is 2.46. The summed E-state index contributed by atoms with van der Waals surface area (Å²) in [6.45, 7) is 5.60. The predicted molar refractivity (Wildman–Crippen MR) is 118 cm³/mol. The first-order valence-corrected chi connectivity index (χ1v) is 10.3. The van der Waals surface area contributed by atoms with E-state index in [0.717, 1.165) is 5.56 Å². The largest absolute Gasteiger partial charge is 0.444 e. The number of aromatic nitrogens is 4. The van der Waals surface area contributed by atoms with Crippen LogP contribution in [-0.2, 0) is 24.4 Å². The second-order valence-electron chi connectivity index (χ2n) is 7.83. The van der Waals surface area contributed by atoms with Crippen LogP contribution in [0.25, 0.3) is 11.3 Å². The quantitative estimate of drug-likeness (QED) is 0.567. The highest BCUT2D eigenvalue weighted by molar-refractivity contribution is 6.36. The molecule has 0 aliphatic heterocycles. The van der Waals surface area contributed by atoms with Gasteiger partial charge >= 0.3 is 6.09 Å². The minimum absolute atomic E-state index is 0.131. The molecule has 0 aliphatic rings. The van der Waals surface area contributed by atoms with E-state index >= 15 is 0 Å². The predicted octanol–water partition coefficient (Wildman–Crippen LogP) is 4.21. The molecular weight excluding hydrogens is 441 g/mol. The topological polar surface area (TPSA) is 102 Å². The van der Waals surface area contributed by atoms with Crippen molar-refractivity contribution in [2.45, 2.75) is 46.1 Å². The molecule has 3 rings (SSSR count). The van der Waals surface area contributed by atoms with Gasteiger partial charge in [-0.3, -0.25) is 0 Å². The number of alkyl carbamates (subject to hydrolysis) is 1. The standard InChI is InChI=1S/C21H23Cl2N5O3/c1-21(2,3)31-20(30)25-8-17-13(9-28-12-24-11-26-28)6-15(10-29)27-19(17)16-5-4-14(22)7-18(16)23/h4-7,11-12,29H,8-10H2,1-3H3,(H,25,30). The molecule has 3 aromatic rings. The lowest BCUT2D eigenvalue weighted by Crippen LogP contribution is -2.32. The van der Waals surface area contributed by atoms with Gasteiger partial charge in [-0.1, -0.05) is 23.2 Å². The fraction of sp³-hybridized carbons (Fsp3) is 0.333. The summed E-state index contributed by atoms with van der Waals surface area (Å²) in [5, 5.41) is 17.6. The van der Waals surface area contributed by atoms with E-state index in [1.807, 2.05) is 0 Å². The highest BCUT2D eigenvalue weighted by atomic mass is 35.5. The van der Waals surface area contributed by atoms with Crippen LogP contribution in [0.15, 0.2) is 36.9 Å². The maximum atomic E-state index is 12.3. The number of hydrogen-bond donors (Lipinski definition) is 2. The summed E-state index contributed by atoms with van der Waals surface area (Å²) in [6, 6.07) is 6.84. The van der Waals surface area contributed by atoms with E-state index in [-0.39, 0.29) is 13.2 Å². The van der Waals surface area contributed by atoms with Crippen molar-refractivity contribution < 1.29 is 14.6 Å². The zero-order chi connectivity index (χ0) is 22.6. The number of ether oxygens (including phenoxy) is 1. The van der Waals surface area contributed by atoms with Crippen molar-refractivity contribution in [2.24, 2.45) is 0 Å². The van der Waals surface area contributed by atoms with E-state index in [4.69, 9.17) is 27.9 Å². The normalized spacial score (nSPS) is 11.4. The first-order chi connectivity index (χ1) is 14.7. The molecule has 2 aromatic heterocycles. The highest BCUT2D eigenvalue weighted by Gasteiger charge is 2.20. The number of pyridine rings is 1. The van der Waals surface area contributed by atoms with Crippen LogP contribution in [-0.4, -0.2) is 36.5 Å². The Balaban J connectivity index is 2.07. The van der Waals surface area contributed by atoms with Crippen LogP contribution in [0.2, 0.25) is 10.0 Å². The molecule has 0 aliphatic carbocycles. The van der Waals surface area contributed by atoms with Gasteiger partial charge in [-0.25, -0.2) is 19.4 Å². The van der Waals surface area contributed by atoms with Crippen LogP contribution in [0.3, 0.4) is 0 Å². The van der Waals surface area contributed by atoms with E-state index in [0.29, 0.717) is 39.1 Å². The van der Waals surface area contributed by atoms with Crippen molar-refractivity contribution in [3.8, 4) is 11.3 Å². The van der Waals surface area contributed by atoms with Crippen molar-refractivity contribution in [1.29, 1.82) is 0 Å². The first kappa shape index (κ1) is 23.0. The van der Waals surface area contributed by atoms with Crippen LogP contribution in [0.5, 0.6) is 0 Å². The molecule has 0 bridgehead atoms. The third-order valence-corrected chi connectivity index (χ3v) is 4.77. The molecular formula is C21H23Cl2N5O3. The smallest absolute Gasteiger partial charge is 0.407 e. The Morgan fingerprint density at radius 1 is 1.26 bits per heavy atom. The van der Waals surface area contributed by atoms with E-state index in [1.165, 1.54) is 6.33 Å². The number of carbonyl (C=O) groups excluding carboxylic acids is 1. The number of nitrogens with zero attached hydrogens (tertiary/aromatic N) is 4. The molecule has 31 heavy (non-hydrogen) atoms. The second-order valence-corrected chi connectivity index (χ2v) is 8.67. The summed E-state index contributed by atoms with van der Waals surface area (Å²) in [5.41, 5.74) is 2.48. The maximum absolute atomic E-state index is 12.3. The van der Waals surface area contributed by atoms with E-state index in [1.54, 1.807) is 56.0 Å². The lowest BCUT2D eigenvalue weighted by molar-refractivity contribution is 0.0523. The van der Waals surface area contributed by atoms with Crippen LogP contribution in [0.1, 0.15) is 37.6 Å². The van der Waals surface area contributed by atoms with Gasteiger partial charge < -0.3 is 15.2 Å². The number of carbonyl (C=O) groups is 1. The number of amides is 1. The average molecular weight is 464 g/mol. The molecule has 2 N–H and O–H groups in total. The molecule has 0 atom stereocenters. The second kappa shape index (κ2) is 9.64. The Labute approximate surface area is 190 Å². The lowest BCUT2D eigenvalue weighted by atomic mass is 9.99. The minimum atomic E-state index is -0.630. The summed E-state index contributed by atoms with van der Waals surface area (Å²) >= 11 is 12.5. The monoisotopic (exact) mass is 463 g/mol. The molecule has 0 saturated heterocycles. The number of benzene rings is 1. The Morgan fingerprint density at radius 3 is 2.65 bits per heavy atom. The lowest BCUT2D eigenvalue weighted by Gasteiger charge is -2.21. The Hall–Kier alpha value is -2.68. The number of hydrogen-bond acceptors (Lipinski definition) is 6. The average Bonchev–Trinajstić information content (AvgIpc) is 3.18. The Morgan fingerprint density at radius 2 is 2.03 bits per heavy atom. The van der Waals surface area contributed by atoms with Crippen molar-refractivity contribution in [1.82, 2.24) is 25.1 Å². The van der Waals surface area contributed by atoms with Gasteiger partial charge in [0.1, 0.15) is 18.3 Å². The highest BCUT2D eigenvalue weighted by Crippen LogP contribution is 2.33. The summed E-state index contributed by atoms with van der Waals surface area (Å²) in [7, 11) is 0. The minimum Gasteiger partial charge on any atom is -0.444 e. The number of aliphatic hydroxyl groups excluding tert-OH is 1. The SMILES string of the molecule is CC(C)(C)OC(=O)NCc1c(Cn2cncn2)cc(CO)nc1-c1ccc(Cl)cc1Cl. The van der Waals surface area contributed by atoms with Gasteiger partial charge in [0, 0.05) is 22.7 Å². The molecule has 0 fully saturated rings. The molecule has 0 saturated carbocycles. The Kier molecular flexibility index (Phi) is 7.15. The molecule has 10 heteroatoms. The number of nitrogens with one attached hydrogen (secondary N) is 1. The van der Waals surface area contributed by atoms with Crippen molar-refractivity contribution >= 4 is 29.3 Å². The molecule has 2 heterocycles. The third-order valence-electron chi connectivity index (χ3n) is 4.23. The van der Waals surface area contributed by atoms with Crippen molar-refractivity contribution in [2.75, 3.05) is 0 Å². The summed E-state index contributed by atoms with van der Waals surface area (Å²) in [4.78, 5) is 20.8. The maximum Gasteiger partial charge on any atom is 0.407 e. The van der Waals surface area contributed by atoms with Crippen LogP contribution in [0.4, 0.5) is 4.79 Å². The van der Waals surface area contributed by atoms with Crippen LogP contribution >= 0.6 is 23.2 Å². The van der Waals surface area contributed by atoms with E-state index in [9.17, 15) is 9.90 Å². The van der Waals surface area contributed by atoms with Crippen molar-refractivity contribution in [3.05, 3.63) is 63.8 Å². The fourth-order valence-electron chi connectivity index (χ4n) is 2.97. The van der Waals surface area contributed by atoms with Gasteiger partial charge in [0.2, 0.25) is 0 Å². The molecule has 0 unspecified atom stereocenters. The van der Waals surface area contributed by atoms with Crippen LogP contribution in [0, 0.1) is 0 Å². The molecule has 1 aromatic carbocycles. The third kappa shape index (κ3) is 6.16. The number of rotatable bonds is 6. The van der Waals surface area contributed by atoms with Gasteiger partial charge in [0.15, 0.2) is 0 Å². The van der Waals surface area contributed by atoms with E-state index < -0.39 is 11.7 Å². The van der Waals surface area contributed by atoms with Gasteiger partial charge in [0.05, 0.1) is 29.6 Å². The summed E-state index contributed by atoms with van der Waals surface area (Å²) < 4.78 is 6.99. The van der Waals surface area contributed by atoms with Gasteiger partial charge in [-0.2, -0.15) is 5.10 Å².